The molecule has 0 amide bonds. The molecule has 0 heterocycles. The number of benzene rings is 1. The molecule has 1 aromatic carbocycles. The molecule has 0 fully saturated rings. The van der Waals surface area contributed by atoms with Crippen molar-refractivity contribution in [2.24, 2.45) is 0 Å². The highest BCUT2D eigenvalue weighted by atomic mass is 35.5. The van der Waals surface area contributed by atoms with Crippen LogP contribution < -0.4 is 5.11 Å². The molecule has 0 aliphatic heterocycles. The second-order valence-electron chi connectivity index (χ2n) is 2.81. The lowest BCUT2D eigenvalue weighted by Crippen LogP contribution is -2.26. The first-order chi connectivity index (χ1) is 6.82. The molecule has 0 aliphatic carbocycles. The number of halogens is 4. The van der Waals surface area contributed by atoms with Crippen molar-refractivity contribution in [2.75, 3.05) is 0 Å². The maximum Gasteiger partial charge on any atom is 0.416 e. The quantitative estimate of drug-likeness (QED) is 0.785. The first-order valence-corrected chi connectivity index (χ1v) is 4.24. The van der Waals surface area contributed by atoms with Crippen LogP contribution >= 0.6 is 11.6 Å². The van der Waals surface area contributed by atoms with Gasteiger partial charge in [-0.25, -0.2) is 0 Å². The average molecular weight is 238 g/mol. The van der Waals surface area contributed by atoms with Crippen molar-refractivity contribution in [2.45, 2.75) is 12.6 Å². The Balaban J connectivity index is 3.26. The summed E-state index contributed by atoms with van der Waals surface area (Å²) >= 11 is 5.49. The van der Waals surface area contributed by atoms with Crippen LogP contribution in [0.1, 0.15) is 11.1 Å². The van der Waals surface area contributed by atoms with Gasteiger partial charge < -0.3 is 9.90 Å². The molecular formula is C9H5ClF3O2-. The van der Waals surface area contributed by atoms with Gasteiger partial charge in [-0.2, -0.15) is 13.2 Å². The number of hydrogen-bond acceptors (Lipinski definition) is 2. The van der Waals surface area contributed by atoms with Crippen molar-refractivity contribution in [3.8, 4) is 0 Å². The minimum atomic E-state index is -4.62. The van der Waals surface area contributed by atoms with Gasteiger partial charge in [0, 0.05) is 17.4 Å². The van der Waals surface area contributed by atoms with Crippen LogP contribution in [0.15, 0.2) is 18.2 Å². The van der Waals surface area contributed by atoms with Crippen molar-refractivity contribution < 1.29 is 23.1 Å². The van der Waals surface area contributed by atoms with Crippen LogP contribution in [0.3, 0.4) is 0 Å². The number of aliphatic carboxylic acids is 1. The number of alkyl halides is 3. The molecule has 0 aliphatic rings. The monoisotopic (exact) mass is 237 g/mol. The van der Waals surface area contributed by atoms with Gasteiger partial charge in [-0.05, 0) is 17.7 Å². The second-order valence-corrected chi connectivity index (χ2v) is 3.22. The Morgan fingerprint density at radius 1 is 1.40 bits per heavy atom. The van der Waals surface area contributed by atoms with E-state index in [0.717, 1.165) is 12.1 Å². The number of carbonyl (C=O) groups is 1. The van der Waals surface area contributed by atoms with E-state index in [9.17, 15) is 23.1 Å². The fourth-order valence-corrected chi connectivity index (χ4v) is 1.39. The van der Waals surface area contributed by atoms with E-state index in [1.54, 1.807) is 0 Å². The third-order valence-electron chi connectivity index (χ3n) is 1.75. The average Bonchev–Trinajstić information content (AvgIpc) is 2.05. The topological polar surface area (TPSA) is 40.1 Å². The Morgan fingerprint density at radius 3 is 2.47 bits per heavy atom. The molecule has 0 spiro atoms. The van der Waals surface area contributed by atoms with Gasteiger partial charge in [0.05, 0.1) is 5.56 Å². The zero-order valence-electron chi connectivity index (χ0n) is 7.27. The smallest absolute Gasteiger partial charge is 0.416 e. The van der Waals surface area contributed by atoms with Crippen LogP contribution in [0.5, 0.6) is 0 Å². The summed E-state index contributed by atoms with van der Waals surface area (Å²) in [7, 11) is 0. The van der Waals surface area contributed by atoms with E-state index >= 15 is 0 Å². The summed E-state index contributed by atoms with van der Waals surface area (Å²) < 4.78 is 37.2. The largest absolute Gasteiger partial charge is 0.550 e. The maximum absolute atomic E-state index is 12.4. The molecule has 15 heavy (non-hydrogen) atoms. The Bertz CT molecular complexity index is 387. The van der Waals surface area contributed by atoms with Crippen LogP contribution in [-0.2, 0) is 17.4 Å². The van der Waals surface area contributed by atoms with E-state index in [-0.39, 0.29) is 5.02 Å². The number of carboxylic acid groups (broad SMARTS) is 1. The third-order valence-corrected chi connectivity index (χ3v) is 2.10. The first kappa shape index (κ1) is 11.8. The predicted molar refractivity (Wildman–Crippen MR) is 45.2 cm³/mol. The fourth-order valence-electron chi connectivity index (χ4n) is 1.15. The van der Waals surface area contributed by atoms with Crippen LogP contribution in [0.2, 0.25) is 5.02 Å². The van der Waals surface area contributed by atoms with E-state index in [2.05, 4.69) is 0 Å². The van der Waals surface area contributed by atoms with Gasteiger partial charge in [0.1, 0.15) is 0 Å². The van der Waals surface area contributed by atoms with Gasteiger partial charge in [-0.1, -0.05) is 17.7 Å². The predicted octanol–water partition coefficient (Wildman–Crippen LogP) is 1.65. The lowest BCUT2D eigenvalue weighted by Gasteiger charge is -2.14. The molecule has 0 N–H and O–H groups in total. The number of carbonyl (C=O) groups excluding carboxylic acids is 1. The Hall–Kier alpha value is -1.23. The molecule has 1 aromatic rings. The zero-order valence-corrected chi connectivity index (χ0v) is 8.02. The molecule has 0 bridgehead atoms. The molecule has 1 rings (SSSR count). The van der Waals surface area contributed by atoms with E-state index in [0.29, 0.717) is 0 Å². The van der Waals surface area contributed by atoms with Crippen LogP contribution in [0, 0.1) is 0 Å². The zero-order chi connectivity index (χ0) is 11.6. The summed E-state index contributed by atoms with van der Waals surface area (Å²) in [4.78, 5) is 10.3. The fraction of sp³-hybridized carbons (Fsp3) is 0.222. The van der Waals surface area contributed by atoms with Crippen molar-refractivity contribution in [3.63, 3.8) is 0 Å². The van der Waals surface area contributed by atoms with Crippen LogP contribution in [0.25, 0.3) is 0 Å². The van der Waals surface area contributed by atoms with Crippen molar-refractivity contribution in [3.05, 3.63) is 34.3 Å². The van der Waals surface area contributed by atoms with Crippen molar-refractivity contribution in [1.82, 2.24) is 0 Å². The molecule has 6 heteroatoms. The molecule has 0 unspecified atom stereocenters. The summed E-state index contributed by atoms with van der Waals surface area (Å²) in [6.07, 6.45) is -5.47. The molecule has 0 atom stereocenters. The van der Waals surface area contributed by atoms with Crippen molar-refractivity contribution in [1.29, 1.82) is 0 Å². The standard InChI is InChI=1S/C9H6ClF3O2/c10-7-3-1-2-6(9(11,12)13)5(7)4-8(14)15/h1-3H,4H2,(H,14,15)/p-1. The second kappa shape index (κ2) is 4.10. The highest BCUT2D eigenvalue weighted by Gasteiger charge is 2.33. The van der Waals surface area contributed by atoms with Crippen LogP contribution in [-0.4, -0.2) is 5.97 Å². The highest BCUT2D eigenvalue weighted by molar-refractivity contribution is 6.31. The number of carboxylic acids is 1. The summed E-state index contributed by atoms with van der Waals surface area (Å²) in [5.41, 5.74) is -1.51. The van der Waals surface area contributed by atoms with Crippen molar-refractivity contribution >= 4 is 17.6 Å². The van der Waals surface area contributed by atoms with Gasteiger partial charge in [-0.3, -0.25) is 0 Å². The summed E-state index contributed by atoms with van der Waals surface area (Å²) in [5.74, 6) is -1.60. The Labute approximate surface area is 88.3 Å². The maximum atomic E-state index is 12.4. The SMILES string of the molecule is O=C([O-])Cc1c(Cl)cccc1C(F)(F)F. The molecule has 0 saturated carbocycles. The third kappa shape index (κ3) is 2.86. The Kier molecular flexibility index (Phi) is 3.24. The summed E-state index contributed by atoms with van der Waals surface area (Å²) in [6.45, 7) is 0. The van der Waals surface area contributed by atoms with E-state index < -0.39 is 29.7 Å². The minimum Gasteiger partial charge on any atom is -0.550 e. The van der Waals surface area contributed by atoms with Gasteiger partial charge in [0.25, 0.3) is 0 Å². The van der Waals surface area contributed by atoms with E-state index in [1.165, 1.54) is 6.07 Å². The molecule has 0 aromatic heterocycles. The van der Waals surface area contributed by atoms with Gasteiger partial charge in [0.15, 0.2) is 0 Å². The number of hydrogen-bond donors (Lipinski definition) is 0. The first-order valence-electron chi connectivity index (χ1n) is 3.87. The molecule has 82 valence electrons. The number of rotatable bonds is 2. The summed E-state index contributed by atoms with van der Waals surface area (Å²) in [6, 6.07) is 3.10. The van der Waals surface area contributed by atoms with Gasteiger partial charge in [-0.15, -0.1) is 0 Å². The minimum absolute atomic E-state index is 0.228. The molecular weight excluding hydrogens is 233 g/mol. The van der Waals surface area contributed by atoms with E-state index in [4.69, 9.17) is 11.6 Å². The Morgan fingerprint density at radius 2 is 2.00 bits per heavy atom. The van der Waals surface area contributed by atoms with Gasteiger partial charge >= 0.3 is 6.18 Å². The van der Waals surface area contributed by atoms with Gasteiger partial charge in [0.2, 0.25) is 0 Å². The van der Waals surface area contributed by atoms with Crippen LogP contribution in [0.4, 0.5) is 13.2 Å². The lowest BCUT2D eigenvalue weighted by atomic mass is 10.0. The lowest BCUT2D eigenvalue weighted by molar-refractivity contribution is -0.304. The normalized spacial score (nSPS) is 11.5. The highest BCUT2D eigenvalue weighted by Crippen LogP contribution is 2.34. The van der Waals surface area contributed by atoms with E-state index in [1.807, 2.05) is 0 Å². The molecule has 0 radical (unpaired) electrons. The molecule has 2 nitrogen and oxygen atoms in total. The summed E-state index contributed by atoms with van der Waals surface area (Å²) in [5, 5.41) is 10.0. The molecule has 0 saturated heterocycles.